The summed E-state index contributed by atoms with van der Waals surface area (Å²) < 4.78 is 11.1. The maximum absolute atomic E-state index is 6.23. The summed E-state index contributed by atoms with van der Waals surface area (Å²) in [6.07, 6.45) is 5.34. The van der Waals surface area contributed by atoms with E-state index in [1.54, 1.807) is 6.26 Å². The van der Waals surface area contributed by atoms with Gasteiger partial charge < -0.3 is 14.7 Å². The van der Waals surface area contributed by atoms with Crippen molar-refractivity contribution in [2.45, 2.75) is 45.1 Å². The zero-order valence-corrected chi connectivity index (χ0v) is 12.8. The van der Waals surface area contributed by atoms with Gasteiger partial charge in [0.05, 0.1) is 18.2 Å². The van der Waals surface area contributed by atoms with E-state index in [-0.39, 0.29) is 5.54 Å². The van der Waals surface area contributed by atoms with Crippen LogP contribution in [0.2, 0.25) is 0 Å². The molecule has 2 heterocycles. The minimum Gasteiger partial charge on any atom is -0.464 e. The van der Waals surface area contributed by atoms with E-state index < -0.39 is 0 Å². The van der Waals surface area contributed by atoms with E-state index in [1.165, 1.54) is 11.1 Å². The van der Waals surface area contributed by atoms with Crippen LogP contribution in [0.4, 0.5) is 0 Å². The molecule has 1 fully saturated rings. The Morgan fingerprint density at radius 3 is 2.82 bits per heavy atom. The molecule has 1 aromatic carbocycles. The second kappa shape index (κ2) is 4.68. The second-order valence-corrected chi connectivity index (χ2v) is 6.34. The molecule has 1 aliphatic rings. The lowest BCUT2D eigenvalue weighted by Gasteiger charge is -2.34. The number of nitrogens with zero attached hydrogens (tertiary/aromatic N) is 2. The second-order valence-electron chi connectivity index (χ2n) is 6.34. The van der Waals surface area contributed by atoms with E-state index in [0.29, 0.717) is 18.1 Å². The van der Waals surface area contributed by atoms with Crippen LogP contribution in [-0.2, 0) is 12.0 Å². The fraction of sp³-hybridized carbons (Fsp3) is 0.412. The van der Waals surface area contributed by atoms with Crippen LogP contribution in [0.3, 0.4) is 0 Å². The largest absolute Gasteiger partial charge is 0.464 e. The van der Waals surface area contributed by atoms with Gasteiger partial charge in [-0.1, -0.05) is 17.3 Å². The molecule has 5 nitrogen and oxygen atoms in total. The van der Waals surface area contributed by atoms with Gasteiger partial charge >= 0.3 is 0 Å². The Bertz CT molecular complexity index is 843. The summed E-state index contributed by atoms with van der Waals surface area (Å²) in [5.41, 5.74) is 10.2. The molecule has 0 atom stereocenters. The van der Waals surface area contributed by atoms with Gasteiger partial charge in [-0.15, -0.1) is 0 Å². The fourth-order valence-electron chi connectivity index (χ4n) is 3.00. The van der Waals surface area contributed by atoms with Crippen LogP contribution >= 0.6 is 0 Å². The highest BCUT2D eigenvalue weighted by molar-refractivity contribution is 5.84. The van der Waals surface area contributed by atoms with Gasteiger partial charge in [-0.05, 0) is 44.2 Å². The van der Waals surface area contributed by atoms with Crippen molar-refractivity contribution < 1.29 is 8.94 Å². The van der Waals surface area contributed by atoms with Gasteiger partial charge in [0.1, 0.15) is 5.58 Å². The monoisotopic (exact) mass is 297 g/mol. The molecule has 2 aromatic heterocycles. The first kappa shape index (κ1) is 13.5. The Kier molecular flexibility index (Phi) is 2.87. The van der Waals surface area contributed by atoms with Gasteiger partial charge in [0.25, 0.3) is 0 Å². The molecule has 114 valence electrons. The van der Waals surface area contributed by atoms with Crippen LogP contribution in [0.25, 0.3) is 11.0 Å². The first-order valence-corrected chi connectivity index (χ1v) is 7.65. The molecular weight excluding hydrogens is 278 g/mol. The van der Waals surface area contributed by atoms with Crippen molar-refractivity contribution in [1.82, 2.24) is 10.1 Å². The zero-order valence-electron chi connectivity index (χ0n) is 12.8. The van der Waals surface area contributed by atoms with Gasteiger partial charge in [-0.2, -0.15) is 4.98 Å². The van der Waals surface area contributed by atoms with Gasteiger partial charge in [0, 0.05) is 10.9 Å². The molecule has 0 saturated heterocycles. The Hall–Kier alpha value is -2.14. The van der Waals surface area contributed by atoms with Crippen LogP contribution < -0.4 is 5.73 Å². The van der Waals surface area contributed by atoms with Crippen LogP contribution in [-0.4, -0.2) is 10.1 Å². The summed E-state index contributed by atoms with van der Waals surface area (Å²) in [5.74, 6) is 1.22. The number of fused-ring (bicyclic) bond motifs is 1. The Labute approximate surface area is 128 Å². The van der Waals surface area contributed by atoms with E-state index in [9.17, 15) is 0 Å². The van der Waals surface area contributed by atoms with E-state index in [0.717, 1.165) is 35.8 Å². The lowest BCUT2D eigenvalue weighted by Crippen LogP contribution is -2.44. The van der Waals surface area contributed by atoms with Crippen molar-refractivity contribution in [2.75, 3.05) is 0 Å². The van der Waals surface area contributed by atoms with Gasteiger partial charge in [0.15, 0.2) is 5.82 Å². The molecule has 0 aliphatic heterocycles. The van der Waals surface area contributed by atoms with Crippen LogP contribution in [0.1, 0.15) is 47.7 Å². The highest BCUT2D eigenvalue weighted by atomic mass is 16.5. The first-order chi connectivity index (χ1) is 10.6. The number of aryl methyl sites for hydroxylation is 2. The average Bonchev–Trinajstić information content (AvgIpc) is 3.09. The molecule has 0 radical (unpaired) electrons. The van der Waals surface area contributed by atoms with Crippen molar-refractivity contribution >= 4 is 11.0 Å². The predicted molar refractivity (Wildman–Crippen MR) is 82.5 cm³/mol. The summed E-state index contributed by atoms with van der Waals surface area (Å²) in [5, 5.41) is 5.17. The number of furan rings is 1. The predicted octanol–water partition coefficient (Wildman–Crippen LogP) is 3.36. The molecule has 1 aliphatic carbocycles. The third-order valence-electron chi connectivity index (χ3n) is 4.84. The molecular formula is C17H19N3O2. The van der Waals surface area contributed by atoms with E-state index in [1.807, 2.05) is 0 Å². The SMILES string of the molecule is Cc1ccc2c(Cc3nc(C4(N)CCC4)no3)coc2c1C. The van der Waals surface area contributed by atoms with Gasteiger partial charge in [-0.3, -0.25) is 0 Å². The van der Waals surface area contributed by atoms with E-state index in [2.05, 4.69) is 36.1 Å². The Balaban J connectivity index is 1.65. The van der Waals surface area contributed by atoms with Gasteiger partial charge in [-0.25, -0.2) is 0 Å². The maximum atomic E-state index is 6.23. The Morgan fingerprint density at radius 1 is 1.27 bits per heavy atom. The zero-order chi connectivity index (χ0) is 15.3. The number of benzene rings is 1. The molecule has 0 unspecified atom stereocenters. The van der Waals surface area contributed by atoms with Crippen molar-refractivity contribution in [1.29, 1.82) is 0 Å². The molecule has 0 spiro atoms. The van der Waals surface area contributed by atoms with Crippen LogP contribution in [0.5, 0.6) is 0 Å². The van der Waals surface area contributed by atoms with E-state index in [4.69, 9.17) is 14.7 Å². The molecule has 2 N–H and O–H groups in total. The third kappa shape index (κ3) is 1.96. The smallest absolute Gasteiger partial charge is 0.231 e. The highest BCUT2D eigenvalue weighted by Crippen LogP contribution is 2.37. The van der Waals surface area contributed by atoms with Crippen molar-refractivity contribution in [3.05, 3.63) is 46.8 Å². The fourth-order valence-corrected chi connectivity index (χ4v) is 3.00. The summed E-state index contributed by atoms with van der Waals surface area (Å²) in [4.78, 5) is 4.48. The number of nitrogens with two attached hydrogens (primary N) is 1. The average molecular weight is 297 g/mol. The molecule has 4 rings (SSSR count). The minimum atomic E-state index is -0.381. The van der Waals surface area contributed by atoms with Crippen molar-refractivity contribution in [3.63, 3.8) is 0 Å². The van der Waals surface area contributed by atoms with Gasteiger partial charge in [0.2, 0.25) is 5.89 Å². The number of rotatable bonds is 3. The quantitative estimate of drug-likeness (QED) is 0.802. The molecule has 22 heavy (non-hydrogen) atoms. The molecule has 1 saturated carbocycles. The Morgan fingerprint density at radius 2 is 2.09 bits per heavy atom. The molecule has 3 aromatic rings. The topological polar surface area (TPSA) is 78.1 Å². The molecule has 0 bridgehead atoms. The summed E-state index contributed by atoms with van der Waals surface area (Å²) in [7, 11) is 0. The van der Waals surface area contributed by atoms with Crippen LogP contribution in [0, 0.1) is 13.8 Å². The lowest BCUT2D eigenvalue weighted by molar-refractivity contribution is 0.229. The van der Waals surface area contributed by atoms with Crippen molar-refractivity contribution in [3.8, 4) is 0 Å². The normalized spacial score (nSPS) is 16.9. The first-order valence-electron chi connectivity index (χ1n) is 7.65. The minimum absolute atomic E-state index is 0.381. The number of hydrogen-bond donors (Lipinski definition) is 1. The molecule has 0 amide bonds. The van der Waals surface area contributed by atoms with Crippen LogP contribution in [0.15, 0.2) is 27.3 Å². The summed E-state index contributed by atoms with van der Waals surface area (Å²) in [6.45, 7) is 4.16. The number of aromatic nitrogens is 2. The lowest BCUT2D eigenvalue weighted by atomic mass is 9.77. The molecule has 5 heteroatoms. The summed E-state index contributed by atoms with van der Waals surface area (Å²) in [6, 6.07) is 4.20. The van der Waals surface area contributed by atoms with E-state index >= 15 is 0 Å². The highest BCUT2D eigenvalue weighted by Gasteiger charge is 2.39. The van der Waals surface area contributed by atoms with Crippen molar-refractivity contribution in [2.24, 2.45) is 5.73 Å². The maximum Gasteiger partial charge on any atom is 0.231 e. The standard InChI is InChI=1S/C17H19N3O2/c1-10-4-5-13-12(9-21-15(13)11(10)2)8-14-19-16(20-22-14)17(18)6-3-7-17/h4-5,9H,3,6-8,18H2,1-2H3. The third-order valence-corrected chi connectivity index (χ3v) is 4.84. The number of hydrogen-bond acceptors (Lipinski definition) is 5. The summed E-state index contributed by atoms with van der Waals surface area (Å²) >= 11 is 0.